The minimum absolute atomic E-state index is 0.477. The third kappa shape index (κ3) is 2.83. The molecule has 104 valence electrons. The molecule has 1 aromatic rings. The van der Waals surface area contributed by atoms with E-state index in [1.54, 1.807) is 24.3 Å². The number of hydrogen-bond donors (Lipinski definition) is 1. The van der Waals surface area contributed by atoms with Gasteiger partial charge < -0.3 is 10.6 Å². The van der Waals surface area contributed by atoms with Crippen molar-refractivity contribution in [2.24, 2.45) is 0 Å². The van der Waals surface area contributed by atoms with Crippen LogP contribution in [0, 0.1) is 0 Å². The van der Waals surface area contributed by atoms with E-state index in [2.05, 4.69) is 0 Å². The molecule has 0 radical (unpaired) electrons. The summed E-state index contributed by atoms with van der Waals surface area (Å²) in [5.74, 6) is -0.477. The smallest absolute Gasteiger partial charge is 0.399 e. The highest BCUT2D eigenvalue weighted by Crippen LogP contribution is 2.49. The highest BCUT2D eigenvalue weighted by molar-refractivity contribution is 5.91. The van der Waals surface area contributed by atoms with Crippen molar-refractivity contribution in [1.82, 2.24) is 4.90 Å². The second-order valence-electron chi connectivity index (χ2n) is 4.98. The monoisotopic (exact) mass is 272 g/mol. The lowest BCUT2D eigenvalue weighted by Gasteiger charge is -2.24. The summed E-state index contributed by atoms with van der Waals surface area (Å²) in [6.07, 6.45) is -3.21. The van der Waals surface area contributed by atoms with Crippen LogP contribution >= 0.6 is 0 Å². The van der Waals surface area contributed by atoms with Gasteiger partial charge in [-0.05, 0) is 30.5 Å². The maximum absolute atomic E-state index is 12.3. The Labute approximate surface area is 109 Å². The van der Waals surface area contributed by atoms with E-state index in [-0.39, 0.29) is 0 Å². The molecule has 1 saturated carbocycles. The Morgan fingerprint density at radius 2 is 1.84 bits per heavy atom. The Balaban J connectivity index is 2.16. The van der Waals surface area contributed by atoms with Gasteiger partial charge in [-0.2, -0.15) is 13.2 Å². The molecule has 0 aliphatic heterocycles. The van der Waals surface area contributed by atoms with E-state index in [1.165, 1.54) is 7.05 Å². The fourth-order valence-corrected chi connectivity index (χ4v) is 2.26. The minimum Gasteiger partial charge on any atom is -0.399 e. The molecule has 0 unspecified atom stereocenters. The van der Waals surface area contributed by atoms with E-state index >= 15 is 0 Å². The van der Waals surface area contributed by atoms with E-state index in [9.17, 15) is 18.0 Å². The number of nitrogens with zero attached hydrogens (tertiary/aromatic N) is 1. The Hall–Kier alpha value is -1.72. The fourth-order valence-electron chi connectivity index (χ4n) is 2.26. The number of amides is 1. The van der Waals surface area contributed by atoms with E-state index in [4.69, 9.17) is 5.73 Å². The second-order valence-corrected chi connectivity index (χ2v) is 4.98. The summed E-state index contributed by atoms with van der Waals surface area (Å²) < 4.78 is 37.0. The number of anilines is 1. The number of hydrogen-bond acceptors (Lipinski definition) is 2. The molecule has 1 fully saturated rings. The zero-order valence-electron chi connectivity index (χ0n) is 10.5. The zero-order valence-corrected chi connectivity index (χ0v) is 10.5. The Kier molecular flexibility index (Phi) is 3.20. The van der Waals surface area contributed by atoms with Crippen LogP contribution in [0.5, 0.6) is 0 Å². The molecule has 1 aliphatic carbocycles. The van der Waals surface area contributed by atoms with Crippen LogP contribution in [0.2, 0.25) is 0 Å². The van der Waals surface area contributed by atoms with Gasteiger partial charge in [-0.1, -0.05) is 12.1 Å². The lowest BCUT2D eigenvalue weighted by atomic mass is 9.94. The highest BCUT2D eigenvalue weighted by atomic mass is 19.4. The summed E-state index contributed by atoms with van der Waals surface area (Å²) in [6, 6.07) is 6.74. The van der Waals surface area contributed by atoms with Gasteiger partial charge in [0.25, 0.3) is 0 Å². The van der Waals surface area contributed by atoms with Crippen molar-refractivity contribution < 1.29 is 18.0 Å². The number of rotatable bonds is 3. The van der Waals surface area contributed by atoms with Gasteiger partial charge in [0.1, 0.15) is 6.54 Å². The molecular weight excluding hydrogens is 257 g/mol. The Morgan fingerprint density at radius 1 is 1.32 bits per heavy atom. The van der Waals surface area contributed by atoms with Crippen LogP contribution in [0.4, 0.5) is 18.9 Å². The van der Waals surface area contributed by atoms with Crippen molar-refractivity contribution in [3.8, 4) is 0 Å². The molecule has 0 saturated heterocycles. The number of benzene rings is 1. The molecule has 1 aliphatic rings. The number of carbonyl (C=O) groups excluding carboxylic acids is 1. The predicted octanol–water partition coefficient (Wildman–Crippen LogP) is 2.32. The zero-order chi connectivity index (χ0) is 14.3. The minimum atomic E-state index is -4.37. The van der Waals surface area contributed by atoms with Crippen molar-refractivity contribution in [1.29, 1.82) is 0 Å². The van der Waals surface area contributed by atoms with E-state index in [0.717, 1.165) is 10.5 Å². The van der Waals surface area contributed by atoms with E-state index < -0.39 is 24.0 Å². The molecular formula is C13H15F3N2O. The first-order chi connectivity index (χ1) is 8.74. The summed E-state index contributed by atoms with van der Waals surface area (Å²) in [4.78, 5) is 12.9. The molecule has 6 heteroatoms. The molecule has 0 atom stereocenters. The average molecular weight is 272 g/mol. The van der Waals surface area contributed by atoms with E-state index in [0.29, 0.717) is 18.5 Å². The molecule has 2 N–H and O–H groups in total. The Bertz CT molecular complexity index is 478. The SMILES string of the molecule is CN(CC(F)(F)F)C(=O)C1(c2ccc(N)cc2)CC1. The van der Waals surface area contributed by atoms with Gasteiger partial charge >= 0.3 is 6.18 Å². The lowest BCUT2D eigenvalue weighted by Crippen LogP contribution is -2.41. The van der Waals surface area contributed by atoms with Gasteiger partial charge in [0.2, 0.25) is 5.91 Å². The van der Waals surface area contributed by atoms with Gasteiger partial charge in [0.15, 0.2) is 0 Å². The molecule has 0 heterocycles. The largest absolute Gasteiger partial charge is 0.406 e. The average Bonchev–Trinajstić information content (AvgIpc) is 3.08. The van der Waals surface area contributed by atoms with Gasteiger partial charge in [0, 0.05) is 12.7 Å². The molecule has 0 bridgehead atoms. The standard InChI is InChI=1S/C13H15F3N2O/c1-18(8-13(14,15)16)11(19)12(6-7-12)9-2-4-10(17)5-3-9/h2-5H,6-8,17H2,1H3. The Morgan fingerprint density at radius 3 is 2.26 bits per heavy atom. The summed E-state index contributed by atoms with van der Waals surface area (Å²) in [6.45, 7) is -1.22. The third-order valence-corrected chi connectivity index (χ3v) is 3.39. The van der Waals surface area contributed by atoms with Crippen LogP contribution < -0.4 is 5.73 Å². The third-order valence-electron chi connectivity index (χ3n) is 3.39. The van der Waals surface area contributed by atoms with Crippen molar-refractivity contribution in [2.75, 3.05) is 19.3 Å². The molecule has 0 aromatic heterocycles. The normalized spacial score (nSPS) is 17.1. The summed E-state index contributed by atoms with van der Waals surface area (Å²) in [7, 11) is 1.19. The van der Waals surface area contributed by atoms with Crippen LogP contribution in [0.3, 0.4) is 0 Å². The first-order valence-electron chi connectivity index (χ1n) is 5.93. The van der Waals surface area contributed by atoms with Crippen LogP contribution in [0.1, 0.15) is 18.4 Å². The molecule has 0 spiro atoms. The number of alkyl halides is 3. The molecule has 2 rings (SSSR count). The second kappa shape index (κ2) is 4.43. The number of nitrogen functional groups attached to an aromatic ring is 1. The van der Waals surface area contributed by atoms with Crippen molar-refractivity contribution in [3.05, 3.63) is 29.8 Å². The molecule has 3 nitrogen and oxygen atoms in total. The van der Waals surface area contributed by atoms with Crippen LogP contribution in [0.25, 0.3) is 0 Å². The van der Waals surface area contributed by atoms with Crippen LogP contribution in [-0.2, 0) is 10.2 Å². The van der Waals surface area contributed by atoms with Gasteiger partial charge in [-0.3, -0.25) is 4.79 Å². The molecule has 1 amide bonds. The first kappa shape index (κ1) is 13.7. The maximum atomic E-state index is 12.3. The molecule has 19 heavy (non-hydrogen) atoms. The van der Waals surface area contributed by atoms with E-state index in [1.807, 2.05) is 0 Å². The highest BCUT2D eigenvalue weighted by Gasteiger charge is 2.53. The molecule has 1 aromatic carbocycles. The summed E-state index contributed by atoms with van der Waals surface area (Å²) in [5, 5.41) is 0. The maximum Gasteiger partial charge on any atom is 0.406 e. The fraction of sp³-hybridized carbons (Fsp3) is 0.462. The summed E-state index contributed by atoms with van der Waals surface area (Å²) in [5.41, 5.74) is 6.08. The quantitative estimate of drug-likeness (QED) is 0.858. The number of halogens is 3. The van der Waals surface area contributed by atoms with Gasteiger partial charge in [0.05, 0.1) is 5.41 Å². The number of carbonyl (C=O) groups is 1. The topological polar surface area (TPSA) is 46.3 Å². The predicted molar refractivity (Wildman–Crippen MR) is 65.5 cm³/mol. The van der Waals surface area contributed by atoms with Crippen LogP contribution in [-0.4, -0.2) is 30.6 Å². The van der Waals surface area contributed by atoms with Crippen molar-refractivity contribution >= 4 is 11.6 Å². The van der Waals surface area contributed by atoms with Crippen molar-refractivity contribution in [2.45, 2.75) is 24.4 Å². The first-order valence-corrected chi connectivity index (χ1v) is 5.93. The lowest BCUT2D eigenvalue weighted by molar-refractivity contribution is -0.160. The van der Waals surface area contributed by atoms with Gasteiger partial charge in [-0.15, -0.1) is 0 Å². The van der Waals surface area contributed by atoms with Crippen molar-refractivity contribution in [3.63, 3.8) is 0 Å². The summed E-state index contributed by atoms with van der Waals surface area (Å²) >= 11 is 0. The van der Waals surface area contributed by atoms with Crippen LogP contribution in [0.15, 0.2) is 24.3 Å². The number of likely N-dealkylation sites (N-methyl/N-ethyl adjacent to an activating group) is 1. The van der Waals surface area contributed by atoms with Gasteiger partial charge in [-0.25, -0.2) is 0 Å². The number of nitrogens with two attached hydrogens (primary N) is 1.